The smallest absolute Gasteiger partial charge is 0.330 e. The summed E-state index contributed by atoms with van der Waals surface area (Å²) < 4.78 is 5.49. The van der Waals surface area contributed by atoms with Crippen molar-refractivity contribution in [1.82, 2.24) is 0 Å². The first-order chi connectivity index (χ1) is 10.3. The monoisotopic (exact) mass is 294 g/mol. The van der Waals surface area contributed by atoms with Crippen LogP contribution in [0.4, 0.5) is 0 Å². The Morgan fingerprint density at radius 2 is 1.05 bits per heavy atom. The largest absolute Gasteiger partial charge is 0.459 e. The fraction of sp³-hybridized carbons (Fsp3) is 0.842. The van der Waals surface area contributed by atoms with Crippen molar-refractivity contribution in [1.29, 1.82) is 0 Å². The molecule has 0 aromatic rings. The van der Waals surface area contributed by atoms with Crippen LogP contribution in [-0.4, -0.2) is 12.1 Å². The van der Waals surface area contributed by atoms with Crippen LogP contribution in [0.1, 0.15) is 96.3 Å². The highest BCUT2D eigenvalue weighted by molar-refractivity contribution is 5.81. The van der Waals surface area contributed by atoms with Crippen molar-refractivity contribution in [2.24, 2.45) is 0 Å². The van der Waals surface area contributed by atoms with Gasteiger partial charge in [0, 0.05) is 6.08 Å². The lowest BCUT2D eigenvalue weighted by molar-refractivity contribution is -0.143. The normalized spacial score (nSPS) is 21.5. The van der Waals surface area contributed by atoms with E-state index in [4.69, 9.17) is 4.74 Å². The van der Waals surface area contributed by atoms with Gasteiger partial charge in [0.2, 0.25) is 0 Å². The second kappa shape index (κ2) is 12.9. The van der Waals surface area contributed by atoms with E-state index in [9.17, 15) is 4.79 Å². The van der Waals surface area contributed by atoms with Gasteiger partial charge in [-0.25, -0.2) is 4.79 Å². The summed E-state index contributed by atoms with van der Waals surface area (Å²) in [4.78, 5) is 11.4. The van der Waals surface area contributed by atoms with E-state index in [1.54, 1.807) is 0 Å². The molecule has 0 amide bonds. The molecule has 0 heterocycles. The van der Waals surface area contributed by atoms with Gasteiger partial charge >= 0.3 is 5.97 Å². The Balaban J connectivity index is 2.30. The summed E-state index contributed by atoms with van der Waals surface area (Å²) in [5, 5.41) is 0. The van der Waals surface area contributed by atoms with E-state index < -0.39 is 0 Å². The molecule has 0 unspecified atom stereocenters. The molecule has 0 aliphatic heterocycles. The van der Waals surface area contributed by atoms with Gasteiger partial charge in [-0.2, -0.15) is 0 Å². The van der Waals surface area contributed by atoms with Gasteiger partial charge < -0.3 is 4.74 Å². The molecule has 2 heteroatoms. The molecule has 0 saturated heterocycles. The topological polar surface area (TPSA) is 26.3 Å². The van der Waals surface area contributed by atoms with Gasteiger partial charge in [0.1, 0.15) is 6.10 Å². The average molecular weight is 294 g/mol. The third-order valence-corrected chi connectivity index (χ3v) is 4.50. The highest BCUT2D eigenvalue weighted by atomic mass is 16.5. The quantitative estimate of drug-likeness (QED) is 0.464. The Labute approximate surface area is 131 Å². The van der Waals surface area contributed by atoms with Gasteiger partial charge in [-0.3, -0.25) is 0 Å². The third-order valence-electron chi connectivity index (χ3n) is 4.50. The maximum absolute atomic E-state index is 11.4. The van der Waals surface area contributed by atoms with E-state index in [2.05, 4.69) is 6.58 Å². The molecule has 1 saturated carbocycles. The van der Waals surface area contributed by atoms with Crippen LogP contribution in [-0.2, 0) is 9.53 Å². The lowest BCUT2D eigenvalue weighted by Crippen LogP contribution is -2.17. The van der Waals surface area contributed by atoms with Gasteiger partial charge in [-0.1, -0.05) is 77.2 Å². The average Bonchev–Trinajstić information content (AvgIpc) is 2.49. The van der Waals surface area contributed by atoms with Crippen molar-refractivity contribution in [3.63, 3.8) is 0 Å². The molecule has 1 aliphatic rings. The van der Waals surface area contributed by atoms with Crippen LogP contribution < -0.4 is 0 Å². The fourth-order valence-electron chi connectivity index (χ4n) is 3.16. The zero-order chi connectivity index (χ0) is 15.2. The second-order valence-electron chi connectivity index (χ2n) is 6.44. The van der Waals surface area contributed by atoms with E-state index in [0.717, 1.165) is 12.8 Å². The maximum Gasteiger partial charge on any atom is 0.330 e. The van der Waals surface area contributed by atoms with Crippen molar-refractivity contribution in [3.05, 3.63) is 12.7 Å². The molecule has 1 aliphatic carbocycles. The molecule has 0 spiro atoms. The van der Waals surface area contributed by atoms with Gasteiger partial charge in [0.25, 0.3) is 0 Å². The minimum atomic E-state index is -0.255. The zero-order valence-electron chi connectivity index (χ0n) is 13.8. The zero-order valence-corrected chi connectivity index (χ0v) is 13.8. The third kappa shape index (κ3) is 10.6. The lowest BCUT2D eigenvalue weighted by atomic mass is 10.00. The highest BCUT2D eigenvalue weighted by Gasteiger charge is 2.12. The summed E-state index contributed by atoms with van der Waals surface area (Å²) in [6.07, 6.45) is 20.9. The van der Waals surface area contributed by atoms with E-state index in [0.29, 0.717) is 0 Å². The summed E-state index contributed by atoms with van der Waals surface area (Å²) in [6, 6.07) is 0. The van der Waals surface area contributed by atoms with Crippen LogP contribution >= 0.6 is 0 Å². The first-order valence-electron chi connectivity index (χ1n) is 9.16. The Morgan fingerprint density at radius 3 is 1.38 bits per heavy atom. The highest BCUT2D eigenvalue weighted by Crippen LogP contribution is 2.18. The summed E-state index contributed by atoms with van der Waals surface area (Å²) in [5.74, 6) is -0.255. The van der Waals surface area contributed by atoms with Gasteiger partial charge in [0.05, 0.1) is 0 Å². The second-order valence-corrected chi connectivity index (χ2v) is 6.44. The number of carbonyl (C=O) groups excluding carboxylic acids is 1. The SMILES string of the molecule is C=CC(=O)OC1CCCCCCCCCCCCCCC1. The molecule has 2 nitrogen and oxygen atoms in total. The molecule has 0 N–H and O–H groups in total. The van der Waals surface area contributed by atoms with Crippen molar-refractivity contribution < 1.29 is 9.53 Å². The van der Waals surface area contributed by atoms with Crippen LogP contribution in [0.3, 0.4) is 0 Å². The van der Waals surface area contributed by atoms with E-state index >= 15 is 0 Å². The van der Waals surface area contributed by atoms with Crippen LogP contribution in [0.2, 0.25) is 0 Å². The molecular formula is C19H34O2. The summed E-state index contributed by atoms with van der Waals surface area (Å²) in [6.45, 7) is 3.50. The Morgan fingerprint density at radius 1 is 0.714 bits per heavy atom. The van der Waals surface area contributed by atoms with Crippen molar-refractivity contribution >= 4 is 5.97 Å². The molecule has 1 rings (SSSR count). The number of esters is 1. The van der Waals surface area contributed by atoms with Gasteiger partial charge in [0.15, 0.2) is 0 Å². The lowest BCUT2D eigenvalue weighted by Gasteiger charge is -2.17. The van der Waals surface area contributed by atoms with E-state index in [1.165, 1.54) is 89.5 Å². The first kappa shape index (κ1) is 18.3. The van der Waals surface area contributed by atoms with Crippen molar-refractivity contribution in [2.45, 2.75) is 102 Å². The molecule has 0 atom stereocenters. The van der Waals surface area contributed by atoms with Gasteiger partial charge in [-0.15, -0.1) is 0 Å². The van der Waals surface area contributed by atoms with Gasteiger partial charge in [-0.05, 0) is 25.7 Å². The predicted molar refractivity (Wildman–Crippen MR) is 89.3 cm³/mol. The molecule has 122 valence electrons. The number of carbonyl (C=O) groups is 1. The minimum absolute atomic E-state index is 0.114. The minimum Gasteiger partial charge on any atom is -0.459 e. The van der Waals surface area contributed by atoms with Crippen molar-refractivity contribution in [3.8, 4) is 0 Å². The number of hydrogen-bond donors (Lipinski definition) is 0. The standard InChI is InChI=1S/C19H34O2/c1-2-19(20)21-18-16-14-12-10-8-6-4-3-5-7-9-11-13-15-17-18/h2,18H,1,3-17H2. The van der Waals surface area contributed by atoms with Crippen LogP contribution in [0.5, 0.6) is 0 Å². The summed E-state index contributed by atoms with van der Waals surface area (Å²) in [7, 11) is 0. The fourth-order valence-corrected chi connectivity index (χ4v) is 3.16. The van der Waals surface area contributed by atoms with Crippen LogP contribution in [0.15, 0.2) is 12.7 Å². The number of ether oxygens (including phenoxy) is 1. The summed E-state index contributed by atoms with van der Waals surface area (Å²) >= 11 is 0. The molecule has 0 aromatic heterocycles. The molecule has 0 radical (unpaired) electrons. The Kier molecular flexibility index (Phi) is 11.2. The molecular weight excluding hydrogens is 260 g/mol. The van der Waals surface area contributed by atoms with Crippen molar-refractivity contribution in [2.75, 3.05) is 0 Å². The maximum atomic E-state index is 11.4. The first-order valence-corrected chi connectivity index (χ1v) is 9.16. The van der Waals surface area contributed by atoms with Crippen LogP contribution in [0, 0.1) is 0 Å². The Hall–Kier alpha value is -0.790. The van der Waals surface area contributed by atoms with Crippen LogP contribution in [0.25, 0.3) is 0 Å². The van der Waals surface area contributed by atoms with E-state index in [1.807, 2.05) is 0 Å². The number of hydrogen-bond acceptors (Lipinski definition) is 2. The summed E-state index contributed by atoms with van der Waals surface area (Å²) in [5.41, 5.74) is 0. The molecule has 0 aromatic carbocycles. The Bertz CT molecular complexity index is 257. The van der Waals surface area contributed by atoms with E-state index in [-0.39, 0.29) is 12.1 Å². The molecule has 1 fully saturated rings. The number of rotatable bonds is 2. The predicted octanol–water partition coefficient (Wildman–Crippen LogP) is 5.95. The molecule has 21 heavy (non-hydrogen) atoms. The molecule has 0 bridgehead atoms.